The molecule has 0 heterocycles. The maximum atomic E-state index is 10.8. The van der Waals surface area contributed by atoms with Crippen molar-refractivity contribution in [1.82, 2.24) is 0 Å². The molecule has 0 saturated carbocycles. The molecule has 0 spiro atoms. The molecular weight excluding hydrogens is 218 g/mol. The lowest BCUT2D eigenvalue weighted by molar-refractivity contribution is -0.384. The van der Waals surface area contributed by atoms with Gasteiger partial charge >= 0.3 is 0 Å². The number of hydrogen-bond acceptors (Lipinski definition) is 4. The van der Waals surface area contributed by atoms with Crippen molar-refractivity contribution < 1.29 is 4.92 Å². The Morgan fingerprint density at radius 3 is 2.65 bits per heavy atom. The first kappa shape index (κ1) is 13.4. The number of nitro benzene ring substituents is 1. The Morgan fingerprint density at radius 2 is 2.12 bits per heavy atom. The van der Waals surface area contributed by atoms with Gasteiger partial charge in [-0.05, 0) is 38.8 Å². The summed E-state index contributed by atoms with van der Waals surface area (Å²) in [5.41, 5.74) is 7.23. The van der Waals surface area contributed by atoms with Crippen molar-refractivity contribution >= 4 is 11.4 Å². The van der Waals surface area contributed by atoms with Crippen molar-refractivity contribution in [2.75, 3.05) is 11.9 Å². The molecule has 0 aliphatic heterocycles. The summed E-state index contributed by atoms with van der Waals surface area (Å²) in [6.07, 6.45) is 0.748. The van der Waals surface area contributed by atoms with Crippen molar-refractivity contribution in [1.29, 1.82) is 0 Å². The predicted molar refractivity (Wildman–Crippen MR) is 69.2 cm³/mol. The summed E-state index contributed by atoms with van der Waals surface area (Å²) in [7, 11) is 0. The highest BCUT2D eigenvalue weighted by Gasteiger charge is 2.14. The lowest BCUT2D eigenvalue weighted by Gasteiger charge is -2.18. The van der Waals surface area contributed by atoms with Crippen molar-refractivity contribution in [3.05, 3.63) is 33.9 Å². The van der Waals surface area contributed by atoms with Crippen LogP contribution in [0.2, 0.25) is 0 Å². The summed E-state index contributed by atoms with van der Waals surface area (Å²) in [5, 5.41) is 13.9. The smallest absolute Gasteiger partial charge is 0.292 e. The monoisotopic (exact) mass is 237 g/mol. The van der Waals surface area contributed by atoms with Gasteiger partial charge in [0, 0.05) is 18.2 Å². The molecule has 1 rings (SSSR count). The molecule has 1 aromatic carbocycles. The molecule has 0 bridgehead atoms. The van der Waals surface area contributed by atoms with Crippen molar-refractivity contribution in [3.63, 3.8) is 0 Å². The Kier molecular flexibility index (Phi) is 4.07. The number of rotatable bonds is 5. The fourth-order valence-electron chi connectivity index (χ4n) is 1.47. The summed E-state index contributed by atoms with van der Waals surface area (Å²) < 4.78 is 0. The Balaban J connectivity index is 2.75. The second kappa shape index (κ2) is 5.14. The number of nitrogens with two attached hydrogens (primary N) is 1. The van der Waals surface area contributed by atoms with Crippen LogP contribution >= 0.6 is 0 Å². The van der Waals surface area contributed by atoms with Gasteiger partial charge in [-0.2, -0.15) is 0 Å². The molecule has 0 aromatic heterocycles. The van der Waals surface area contributed by atoms with Gasteiger partial charge in [0.25, 0.3) is 5.69 Å². The second-order valence-electron chi connectivity index (χ2n) is 4.94. The van der Waals surface area contributed by atoms with Gasteiger partial charge in [-0.15, -0.1) is 0 Å². The number of benzene rings is 1. The minimum absolute atomic E-state index is 0.102. The maximum Gasteiger partial charge on any atom is 0.292 e. The standard InChI is InChI=1S/C12H19N3O2/c1-9-4-5-11(15(16)17)10(8-9)14-7-6-12(2,3)13/h4-5,8,14H,6-7,13H2,1-3H3. The third-order valence-electron chi connectivity index (χ3n) is 2.43. The highest BCUT2D eigenvalue weighted by atomic mass is 16.6. The summed E-state index contributed by atoms with van der Waals surface area (Å²) in [6, 6.07) is 5.03. The minimum atomic E-state index is -0.380. The lowest BCUT2D eigenvalue weighted by atomic mass is 10.0. The van der Waals surface area contributed by atoms with Crippen molar-refractivity contribution in [3.8, 4) is 0 Å². The van der Waals surface area contributed by atoms with Crippen LogP contribution in [-0.2, 0) is 0 Å². The van der Waals surface area contributed by atoms with Gasteiger partial charge in [0.1, 0.15) is 5.69 Å². The van der Waals surface area contributed by atoms with E-state index in [1.807, 2.05) is 20.8 Å². The summed E-state index contributed by atoms with van der Waals surface area (Å²) >= 11 is 0. The van der Waals surface area contributed by atoms with E-state index in [2.05, 4.69) is 5.32 Å². The van der Waals surface area contributed by atoms with Gasteiger partial charge in [-0.1, -0.05) is 6.07 Å². The molecule has 0 fully saturated rings. The van der Waals surface area contributed by atoms with E-state index in [1.54, 1.807) is 12.1 Å². The van der Waals surface area contributed by atoms with Gasteiger partial charge in [-0.3, -0.25) is 10.1 Å². The lowest BCUT2D eigenvalue weighted by Crippen LogP contribution is -2.34. The Morgan fingerprint density at radius 1 is 1.47 bits per heavy atom. The average molecular weight is 237 g/mol. The third kappa shape index (κ3) is 4.40. The van der Waals surface area contributed by atoms with Gasteiger partial charge in [0.05, 0.1) is 4.92 Å². The molecule has 0 unspecified atom stereocenters. The topological polar surface area (TPSA) is 81.2 Å². The molecule has 0 atom stereocenters. The molecular formula is C12H19N3O2. The quantitative estimate of drug-likeness (QED) is 0.608. The molecule has 94 valence electrons. The van der Waals surface area contributed by atoms with Crippen LogP contribution < -0.4 is 11.1 Å². The van der Waals surface area contributed by atoms with E-state index in [4.69, 9.17) is 5.73 Å². The zero-order chi connectivity index (χ0) is 13.1. The largest absolute Gasteiger partial charge is 0.379 e. The van der Waals surface area contributed by atoms with Crippen LogP contribution in [0.3, 0.4) is 0 Å². The van der Waals surface area contributed by atoms with Gasteiger partial charge in [0.2, 0.25) is 0 Å². The summed E-state index contributed by atoms with van der Waals surface area (Å²) in [4.78, 5) is 10.5. The van der Waals surface area contributed by atoms with E-state index in [1.165, 1.54) is 6.07 Å². The van der Waals surface area contributed by atoms with Crippen LogP contribution in [0.15, 0.2) is 18.2 Å². The molecule has 3 N–H and O–H groups in total. The van der Waals surface area contributed by atoms with Gasteiger partial charge in [-0.25, -0.2) is 0 Å². The molecule has 5 nitrogen and oxygen atoms in total. The second-order valence-corrected chi connectivity index (χ2v) is 4.94. The number of nitrogens with one attached hydrogen (secondary N) is 1. The first-order valence-corrected chi connectivity index (χ1v) is 5.57. The zero-order valence-corrected chi connectivity index (χ0v) is 10.5. The third-order valence-corrected chi connectivity index (χ3v) is 2.43. The van der Waals surface area contributed by atoms with E-state index in [-0.39, 0.29) is 16.1 Å². The number of nitro groups is 1. The number of hydrogen-bond donors (Lipinski definition) is 2. The van der Waals surface area contributed by atoms with E-state index in [0.29, 0.717) is 12.2 Å². The highest BCUT2D eigenvalue weighted by molar-refractivity contribution is 5.62. The van der Waals surface area contributed by atoms with E-state index in [9.17, 15) is 10.1 Å². The van der Waals surface area contributed by atoms with Gasteiger partial charge < -0.3 is 11.1 Å². The van der Waals surface area contributed by atoms with E-state index < -0.39 is 0 Å². The van der Waals surface area contributed by atoms with Crippen LogP contribution in [-0.4, -0.2) is 17.0 Å². The minimum Gasteiger partial charge on any atom is -0.379 e. The molecule has 0 saturated heterocycles. The fraction of sp³-hybridized carbons (Fsp3) is 0.500. The van der Waals surface area contributed by atoms with Crippen LogP contribution in [0.5, 0.6) is 0 Å². The summed E-state index contributed by atoms with van der Waals surface area (Å²) in [5.74, 6) is 0. The fourth-order valence-corrected chi connectivity index (χ4v) is 1.47. The first-order valence-electron chi connectivity index (χ1n) is 5.57. The number of nitrogens with zero attached hydrogens (tertiary/aromatic N) is 1. The molecule has 0 radical (unpaired) electrons. The number of anilines is 1. The normalized spacial score (nSPS) is 11.3. The molecule has 0 aliphatic carbocycles. The van der Waals surface area contributed by atoms with E-state index in [0.717, 1.165) is 12.0 Å². The first-order chi connectivity index (χ1) is 7.79. The Labute approximate surface area is 101 Å². The van der Waals surface area contributed by atoms with Gasteiger partial charge in [0.15, 0.2) is 0 Å². The Hall–Kier alpha value is -1.62. The zero-order valence-electron chi connectivity index (χ0n) is 10.5. The highest BCUT2D eigenvalue weighted by Crippen LogP contribution is 2.25. The summed E-state index contributed by atoms with van der Waals surface area (Å²) in [6.45, 7) is 6.38. The number of aryl methyl sites for hydroxylation is 1. The SMILES string of the molecule is Cc1ccc([N+](=O)[O-])c(NCCC(C)(C)N)c1. The molecule has 0 amide bonds. The maximum absolute atomic E-state index is 10.8. The molecule has 0 aliphatic rings. The van der Waals surface area contributed by atoms with Crippen LogP contribution in [0.4, 0.5) is 11.4 Å². The van der Waals surface area contributed by atoms with Crippen LogP contribution in [0.25, 0.3) is 0 Å². The molecule has 5 heteroatoms. The predicted octanol–water partition coefficient (Wildman–Crippen LogP) is 2.44. The van der Waals surface area contributed by atoms with Crippen LogP contribution in [0.1, 0.15) is 25.8 Å². The van der Waals surface area contributed by atoms with Crippen molar-refractivity contribution in [2.24, 2.45) is 5.73 Å². The molecule has 17 heavy (non-hydrogen) atoms. The Bertz CT molecular complexity index is 411. The van der Waals surface area contributed by atoms with E-state index >= 15 is 0 Å². The van der Waals surface area contributed by atoms with Crippen molar-refractivity contribution in [2.45, 2.75) is 32.7 Å². The molecule has 1 aromatic rings. The average Bonchev–Trinajstić information content (AvgIpc) is 2.15. The van der Waals surface area contributed by atoms with Crippen LogP contribution in [0, 0.1) is 17.0 Å².